The molecular weight excluding hydrogens is 337 g/mol. The number of carbonyl (C=O) groups is 1. The van der Waals surface area contributed by atoms with Gasteiger partial charge in [0.1, 0.15) is 0 Å². The van der Waals surface area contributed by atoms with Crippen molar-refractivity contribution in [1.29, 1.82) is 0 Å². The predicted octanol–water partition coefficient (Wildman–Crippen LogP) is 4.47. The molecule has 0 saturated heterocycles. The molecule has 0 heterocycles. The fraction of sp³-hybridized carbons (Fsp3) is 0.188. The average Bonchev–Trinajstić information content (AvgIpc) is 2.43. The van der Waals surface area contributed by atoms with Crippen molar-refractivity contribution in [3.8, 4) is 5.75 Å². The first-order chi connectivity index (χ1) is 9.92. The average molecular weight is 352 g/mol. The highest BCUT2D eigenvalue weighted by atomic mass is 79.9. The van der Waals surface area contributed by atoms with E-state index in [-0.39, 0.29) is 11.7 Å². The van der Waals surface area contributed by atoms with E-state index in [1.165, 1.54) is 25.3 Å². The number of ether oxygens (including phenoxy) is 1. The molecule has 0 saturated carbocycles. The molecule has 2 rings (SSSR count). The van der Waals surface area contributed by atoms with Crippen molar-refractivity contribution in [1.82, 2.24) is 0 Å². The molecule has 0 bridgehead atoms. The molecule has 0 atom stereocenters. The highest BCUT2D eigenvalue weighted by Gasteiger charge is 2.13. The second kappa shape index (κ2) is 6.26. The van der Waals surface area contributed by atoms with Gasteiger partial charge >= 0.3 is 0 Å². The Morgan fingerprint density at radius 2 is 1.81 bits per heavy atom. The second-order valence-corrected chi connectivity index (χ2v) is 5.63. The Labute approximate surface area is 131 Å². The van der Waals surface area contributed by atoms with E-state index in [4.69, 9.17) is 4.74 Å². The van der Waals surface area contributed by atoms with Gasteiger partial charge in [0, 0.05) is 15.7 Å². The molecular formula is C16H15BrFNO2. The van der Waals surface area contributed by atoms with Crippen LogP contribution in [0.1, 0.15) is 21.5 Å². The number of hydrogen-bond acceptors (Lipinski definition) is 2. The van der Waals surface area contributed by atoms with Gasteiger partial charge in [0.25, 0.3) is 5.91 Å². The quantitative estimate of drug-likeness (QED) is 0.885. The molecule has 0 aliphatic rings. The molecule has 110 valence electrons. The van der Waals surface area contributed by atoms with Crippen LogP contribution in [0.25, 0.3) is 0 Å². The van der Waals surface area contributed by atoms with Crippen LogP contribution in [-0.4, -0.2) is 13.0 Å². The number of rotatable bonds is 3. The Hall–Kier alpha value is -1.88. The zero-order chi connectivity index (χ0) is 15.6. The van der Waals surface area contributed by atoms with Gasteiger partial charge in [0.05, 0.1) is 7.11 Å². The summed E-state index contributed by atoms with van der Waals surface area (Å²) in [5.41, 5.74) is 3.00. The summed E-state index contributed by atoms with van der Waals surface area (Å²) < 4.78 is 19.2. The first-order valence-electron chi connectivity index (χ1n) is 6.34. The van der Waals surface area contributed by atoms with Crippen molar-refractivity contribution < 1.29 is 13.9 Å². The lowest BCUT2D eigenvalue weighted by molar-refractivity contribution is 0.102. The lowest BCUT2D eigenvalue weighted by Gasteiger charge is -2.13. The molecule has 21 heavy (non-hydrogen) atoms. The lowest BCUT2D eigenvalue weighted by atomic mass is 10.1. The minimum Gasteiger partial charge on any atom is -0.494 e. The molecule has 0 aliphatic heterocycles. The van der Waals surface area contributed by atoms with Crippen molar-refractivity contribution >= 4 is 27.5 Å². The van der Waals surface area contributed by atoms with Crippen LogP contribution in [0.5, 0.6) is 5.75 Å². The number of halogens is 2. The third-order valence-corrected chi connectivity index (χ3v) is 3.61. The van der Waals surface area contributed by atoms with Crippen molar-refractivity contribution in [3.63, 3.8) is 0 Å². The number of amides is 1. The SMILES string of the molecule is COc1cc(C(=O)Nc2c(C)cc(Br)cc2C)ccc1F. The molecule has 1 amide bonds. The van der Waals surface area contributed by atoms with Gasteiger partial charge in [0.15, 0.2) is 11.6 Å². The van der Waals surface area contributed by atoms with Gasteiger partial charge in [-0.15, -0.1) is 0 Å². The summed E-state index contributed by atoms with van der Waals surface area (Å²) >= 11 is 3.41. The number of methoxy groups -OCH3 is 1. The molecule has 5 heteroatoms. The van der Waals surface area contributed by atoms with Crippen LogP contribution in [0.15, 0.2) is 34.8 Å². The maximum atomic E-state index is 13.4. The summed E-state index contributed by atoms with van der Waals surface area (Å²) in [6, 6.07) is 7.88. The summed E-state index contributed by atoms with van der Waals surface area (Å²) in [6.07, 6.45) is 0. The molecule has 3 nitrogen and oxygen atoms in total. The molecule has 2 aromatic carbocycles. The zero-order valence-corrected chi connectivity index (χ0v) is 13.5. The van der Waals surface area contributed by atoms with Crippen LogP contribution in [0, 0.1) is 19.7 Å². The maximum absolute atomic E-state index is 13.4. The third kappa shape index (κ3) is 3.42. The Kier molecular flexibility index (Phi) is 4.63. The van der Waals surface area contributed by atoms with Gasteiger partial charge in [-0.1, -0.05) is 15.9 Å². The smallest absolute Gasteiger partial charge is 0.255 e. The highest BCUT2D eigenvalue weighted by Crippen LogP contribution is 2.26. The van der Waals surface area contributed by atoms with Crippen LogP contribution in [0.2, 0.25) is 0 Å². The number of nitrogens with one attached hydrogen (secondary N) is 1. The van der Waals surface area contributed by atoms with E-state index in [1.54, 1.807) is 0 Å². The van der Waals surface area contributed by atoms with E-state index in [0.717, 1.165) is 21.3 Å². The van der Waals surface area contributed by atoms with E-state index in [1.807, 2.05) is 26.0 Å². The first kappa shape index (κ1) is 15.5. The Bertz CT molecular complexity index is 678. The van der Waals surface area contributed by atoms with Gasteiger partial charge in [-0.05, 0) is 55.3 Å². The van der Waals surface area contributed by atoms with E-state index in [2.05, 4.69) is 21.2 Å². The predicted molar refractivity (Wildman–Crippen MR) is 84.5 cm³/mol. The number of anilines is 1. The molecule has 0 fully saturated rings. The van der Waals surface area contributed by atoms with Gasteiger partial charge in [-0.25, -0.2) is 4.39 Å². The van der Waals surface area contributed by atoms with Crippen molar-refractivity contribution in [2.75, 3.05) is 12.4 Å². The number of benzene rings is 2. The normalized spacial score (nSPS) is 10.3. The van der Waals surface area contributed by atoms with E-state index < -0.39 is 5.82 Å². The Balaban J connectivity index is 2.30. The fourth-order valence-electron chi connectivity index (χ4n) is 2.09. The van der Waals surface area contributed by atoms with Crippen LogP contribution >= 0.6 is 15.9 Å². The summed E-state index contributed by atoms with van der Waals surface area (Å²) in [4.78, 5) is 12.3. The first-order valence-corrected chi connectivity index (χ1v) is 7.13. The van der Waals surface area contributed by atoms with Crippen LogP contribution in [0.3, 0.4) is 0 Å². The van der Waals surface area contributed by atoms with Crippen molar-refractivity contribution in [3.05, 3.63) is 57.3 Å². The molecule has 2 aromatic rings. The van der Waals surface area contributed by atoms with Crippen LogP contribution < -0.4 is 10.1 Å². The molecule has 0 radical (unpaired) electrons. The summed E-state index contributed by atoms with van der Waals surface area (Å²) in [6.45, 7) is 3.83. The molecule has 0 spiro atoms. The topological polar surface area (TPSA) is 38.3 Å². The van der Waals surface area contributed by atoms with Crippen molar-refractivity contribution in [2.45, 2.75) is 13.8 Å². The Morgan fingerprint density at radius 3 is 2.38 bits per heavy atom. The number of carbonyl (C=O) groups excluding carboxylic acids is 1. The van der Waals surface area contributed by atoms with Gasteiger partial charge in [-0.3, -0.25) is 4.79 Å². The molecule has 1 N–H and O–H groups in total. The Morgan fingerprint density at radius 1 is 1.19 bits per heavy atom. The fourth-order valence-corrected chi connectivity index (χ4v) is 2.78. The lowest BCUT2D eigenvalue weighted by Crippen LogP contribution is -2.14. The minimum atomic E-state index is -0.495. The van der Waals surface area contributed by atoms with E-state index >= 15 is 0 Å². The highest BCUT2D eigenvalue weighted by molar-refractivity contribution is 9.10. The largest absolute Gasteiger partial charge is 0.494 e. The maximum Gasteiger partial charge on any atom is 0.255 e. The van der Waals surface area contributed by atoms with Crippen molar-refractivity contribution in [2.24, 2.45) is 0 Å². The van der Waals surface area contributed by atoms with E-state index in [9.17, 15) is 9.18 Å². The minimum absolute atomic E-state index is 0.0481. The number of aryl methyl sites for hydroxylation is 2. The molecule has 0 unspecified atom stereocenters. The van der Waals surface area contributed by atoms with Gasteiger partial charge < -0.3 is 10.1 Å². The monoisotopic (exact) mass is 351 g/mol. The second-order valence-electron chi connectivity index (χ2n) is 4.72. The van der Waals surface area contributed by atoms with Crippen LogP contribution in [0.4, 0.5) is 10.1 Å². The van der Waals surface area contributed by atoms with Gasteiger partial charge in [-0.2, -0.15) is 0 Å². The standard InChI is InChI=1S/C16H15BrFNO2/c1-9-6-12(17)7-10(2)15(9)19-16(20)11-4-5-13(18)14(8-11)21-3/h4-8H,1-3H3,(H,19,20). The van der Waals surface area contributed by atoms with Crippen LogP contribution in [-0.2, 0) is 0 Å². The zero-order valence-electron chi connectivity index (χ0n) is 12.0. The molecule has 0 aliphatic carbocycles. The summed E-state index contributed by atoms with van der Waals surface area (Å²) in [7, 11) is 1.36. The van der Waals surface area contributed by atoms with Gasteiger partial charge in [0.2, 0.25) is 0 Å². The van der Waals surface area contributed by atoms with E-state index in [0.29, 0.717) is 5.56 Å². The summed E-state index contributed by atoms with van der Waals surface area (Å²) in [5, 5.41) is 2.85. The molecule has 0 aromatic heterocycles. The third-order valence-electron chi connectivity index (χ3n) is 3.15. The number of hydrogen-bond donors (Lipinski definition) is 1. The summed E-state index contributed by atoms with van der Waals surface area (Å²) in [5.74, 6) is -0.751.